The minimum Gasteiger partial charge on any atom is -0.339 e. The van der Waals surface area contributed by atoms with Gasteiger partial charge in [-0.05, 0) is 48.2 Å². The molecule has 0 fully saturated rings. The first kappa shape index (κ1) is 20.8. The van der Waals surface area contributed by atoms with Crippen LogP contribution in [0.3, 0.4) is 0 Å². The molecule has 0 aliphatic rings. The van der Waals surface area contributed by atoms with Gasteiger partial charge in [0.15, 0.2) is 0 Å². The molecule has 2 aromatic heterocycles. The summed E-state index contributed by atoms with van der Waals surface area (Å²) in [5.41, 5.74) is 3.81. The molecule has 0 radical (unpaired) electrons. The van der Waals surface area contributed by atoms with E-state index in [0.29, 0.717) is 24.3 Å². The second-order valence-corrected chi connectivity index (χ2v) is 8.18. The van der Waals surface area contributed by atoms with E-state index in [1.54, 1.807) is 23.2 Å². The summed E-state index contributed by atoms with van der Waals surface area (Å²) in [5.74, 6) is -0.159. The van der Waals surface area contributed by atoms with E-state index in [1.807, 2.05) is 79.0 Å². The van der Waals surface area contributed by atoms with Gasteiger partial charge in [-0.3, -0.25) is 9.59 Å². The molecular weight excluding hydrogens is 406 g/mol. The first-order chi connectivity index (χ1) is 15.0. The molecule has 0 saturated carbocycles. The highest BCUT2D eigenvalue weighted by Gasteiger charge is 2.15. The number of carbonyl (C=O) groups excluding carboxylic acids is 2. The number of hydrogen-bond acceptors (Lipinski definition) is 4. The van der Waals surface area contributed by atoms with E-state index >= 15 is 0 Å². The lowest BCUT2D eigenvalue weighted by atomic mass is 10.1. The van der Waals surface area contributed by atoms with Crippen LogP contribution in [0.2, 0.25) is 0 Å². The Morgan fingerprint density at radius 2 is 1.87 bits per heavy atom. The molecule has 0 spiro atoms. The fourth-order valence-electron chi connectivity index (χ4n) is 3.53. The minimum absolute atomic E-state index is 0.0290. The van der Waals surface area contributed by atoms with Gasteiger partial charge in [-0.2, -0.15) is 0 Å². The molecule has 5 nitrogen and oxygen atoms in total. The maximum absolute atomic E-state index is 13.2. The van der Waals surface area contributed by atoms with E-state index in [9.17, 15) is 9.59 Å². The van der Waals surface area contributed by atoms with Crippen molar-refractivity contribution < 1.29 is 9.59 Å². The maximum atomic E-state index is 13.2. The van der Waals surface area contributed by atoms with Crippen LogP contribution in [-0.2, 0) is 11.3 Å². The highest BCUT2D eigenvalue weighted by atomic mass is 32.1. The summed E-state index contributed by atoms with van der Waals surface area (Å²) in [7, 11) is 0. The number of nitrogens with zero attached hydrogens (tertiary/aromatic N) is 2. The van der Waals surface area contributed by atoms with Crippen molar-refractivity contribution in [3.8, 4) is 10.6 Å². The van der Waals surface area contributed by atoms with Crippen LogP contribution in [0.15, 0.2) is 72.1 Å². The highest BCUT2D eigenvalue weighted by molar-refractivity contribution is 7.13. The van der Waals surface area contributed by atoms with Gasteiger partial charge in [0, 0.05) is 31.1 Å². The van der Waals surface area contributed by atoms with Crippen molar-refractivity contribution in [2.24, 2.45) is 0 Å². The van der Waals surface area contributed by atoms with Crippen LogP contribution in [0.25, 0.3) is 21.5 Å². The molecule has 156 valence electrons. The first-order valence-corrected chi connectivity index (χ1v) is 11.0. The number of rotatable bonds is 6. The van der Waals surface area contributed by atoms with E-state index in [1.165, 1.54) is 0 Å². The molecule has 2 heterocycles. The van der Waals surface area contributed by atoms with Crippen molar-refractivity contribution in [2.75, 3.05) is 11.9 Å². The summed E-state index contributed by atoms with van der Waals surface area (Å²) >= 11 is 1.59. The molecule has 4 aromatic rings. The third-order valence-electron chi connectivity index (χ3n) is 5.12. The zero-order chi connectivity index (χ0) is 21.8. The van der Waals surface area contributed by atoms with Crippen LogP contribution < -0.4 is 5.32 Å². The Balaban J connectivity index is 1.65. The van der Waals surface area contributed by atoms with Gasteiger partial charge in [-0.15, -0.1) is 11.3 Å². The van der Waals surface area contributed by atoms with Gasteiger partial charge in [0.1, 0.15) is 0 Å². The summed E-state index contributed by atoms with van der Waals surface area (Å²) in [6.07, 6.45) is 0. The van der Waals surface area contributed by atoms with E-state index in [2.05, 4.69) is 5.32 Å². The number of fused-ring (bicyclic) bond motifs is 1. The molecular formula is C25H23N3O2S. The molecule has 0 aliphatic carbocycles. The maximum Gasteiger partial charge on any atom is 0.256 e. The standard InChI is InChI=1S/C25H23N3O2S/c1-3-28(17(2)29)16-18-8-6-9-19(14-18)26-25(30)21-15-23(24-12-7-13-31-24)27-22-11-5-4-10-20(21)22/h4-15H,3,16H2,1-2H3,(H,26,30). The zero-order valence-electron chi connectivity index (χ0n) is 17.5. The number of thiophene rings is 1. The Bertz CT molecular complexity index is 1230. The summed E-state index contributed by atoms with van der Waals surface area (Å²) < 4.78 is 0. The molecule has 4 rings (SSSR count). The first-order valence-electron chi connectivity index (χ1n) is 10.1. The Morgan fingerprint density at radius 1 is 1.03 bits per heavy atom. The quantitative estimate of drug-likeness (QED) is 0.435. The average molecular weight is 430 g/mol. The Kier molecular flexibility index (Phi) is 6.09. The number of carbonyl (C=O) groups is 2. The second kappa shape index (κ2) is 9.10. The van der Waals surface area contributed by atoms with E-state index < -0.39 is 0 Å². The Labute approximate surface area is 185 Å². The van der Waals surface area contributed by atoms with E-state index in [0.717, 1.165) is 27.0 Å². The summed E-state index contributed by atoms with van der Waals surface area (Å²) in [4.78, 5) is 32.5. The molecule has 0 aliphatic heterocycles. The van der Waals surface area contributed by atoms with Gasteiger partial charge >= 0.3 is 0 Å². The van der Waals surface area contributed by atoms with Crippen LogP contribution >= 0.6 is 11.3 Å². The van der Waals surface area contributed by atoms with Crippen molar-refractivity contribution in [2.45, 2.75) is 20.4 Å². The second-order valence-electron chi connectivity index (χ2n) is 7.24. The van der Waals surface area contributed by atoms with Gasteiger partial charge in [0.2, 0.25) is 5.91 Å². The number of nitrogens with one attached hydrogen (secondary N) is 1. The molecule has 0 saturated heterocycles. The molecule has 0 atom stereocenters. The fourth-order valence-corrected chi connectivity index (χ4v) is 4.21. The smallest absolute Gasteiger partial charge is 0.256 e. The van der Waals surface area contributed by atoms with Crippen molar-refractivity contribution in [1.82, 2.24) is 9.88 Å². The summed E-state index contributed by atoms with van der Waals surface area (Å²) in [6.45, 7) is 4.66. The van der Waals surface area contributed by atoms with Gasteiger partial charge in [-0.1, -0.05) is 36.4 Å². The van der Waals surface area contributed by atoms with E-state index in [4.69, 9.17) is 4.98 Å². The van der Waals surface area contributed by atoms with Crippen molar-refractivity contribution in [1.29, 1.82) is 0 Å². The molecule has 0 unspecified atom stereocenters. The van der Waals surface area contributed by atoms with E-state index in [-0.39, 0.29) is 11.8 Å². The van der Waals surface area contributed by atoms with Gasteiger partial charge in [0.05, 0.1) is 21.7 Å². The largest absolute Gasteiger partial charge is 0.339 e. The lowest BCUT2D eigenvalue weighted by molar-refractivity contribution is -0.129. The SMILES string of the molecule is CCN(Cc1cccc(NC(=O)c2cc(-c3cccs3)nc3ccccc23)c1)C(C)=O. The third-order valence-corrected chi connectivity index (χ3v) is 6.01. The molecule has 1 N–H and O–H groups in total. The average Bonchev–Trinajstić information content (AvgIpc) is 3.32. The number of amides is 2. The molecule has 6 heteroatoms. The van der Waals surface area contributed by atoms with Crippen LogP contribution in [0.4, 0.5) is 5.69 Å². The Hall–Kier alpha value is -3.51. The van der Waals surface area contributed by atoms with Crippen LogP contribution in [-0.4, -0.2) is 28.2 Å². The number of pyridine rings is 1. The normalized spacial score (nSPS) is 10.8. The molecule has 31 heavy (non-hydrogen) atoms. The van der Waals surface area contributed by atoms with Crippen molar-refractivity contribution in [3.05, 3.63) is 83.2 Å². The summed E-state index contributed by atoms with van der Waals surface area (Å²) in [6, 6.07) is 21.1. The van der Waals surface area contributed by atoms with Crippen molar-refractivity contribution >= 4 is 39.7 Å². The number of aromatic nitrogens is 1. The van der Waals surface area contributed by atoms with Gasteiger partial charge in [-0.25, -0.2) is 4.98 Å². The lowest BCUT2D eigenvalue weighted by Crippen LogP contribution is -2.27. The lowest BCUT2D eigenvalue weighted by Gasteiger charge is -2.19. The number of para-hydroxylation sites is 1. The number of hydrogen-bond donors (Lipinski definition) is 1. The minimum atomic E-state index is -0.188. The van der Waals surface area contributed by atoms with Gasteiger partial charge in [0.25, 0.3) is 5.91 Å². The van der Waals surface area contributed by atoms with Crippen LogP contribution in [0.5, 0.6) is 0 Å². The summed E-state index contributed by atoms with van der Waals surface area (Å²) in [5, 5.41) is 5.83. The van der Waals surface area contributed by atoms with Crippen LogP contribution in [0.1, 0.15) is 29.8 Å². The zero-order valence-corrected chi connectivity index (χ0v) is 18.3. The van der Waals surface area contributed by atoms with Crippen molar-refractivity contribution in [3.63, 3.8) is 0 Å². The predicted molar refractivity (Wildman–Crippen MR) is 126 cm³/mol. The number of anilines is 1. The molecule has 2 aromatic carbocycles. The predicted octanol–water partition coefficient (Wildman–Crippen LogP) is 5.58. The monoisotopic (exact) mass is 429 g/mol. The topological polar surface area (TPSA) is 62.3 Å². The third kappa shape index (κ3) is 4.64. The van der Waals surface area contributed by atoms with Gasteiger partial charge < -0.3 is 10.2 Å². The Morgan fingerprint density at radius 3 is 2.61 bits per heavy atom. The molecule has 0 bridgehead atoms. The molecule has 2 amide bonds. The van der Waals surface area contributed by atoms with Crippen LogP contribution in [0, 0.1) is 0 Å². The number of benzene rings is 2. The highest BCUT2D eigenvalue weighted by Crippen LogP contribution is 2.28. The fraction of sp³-hybridized carbons (Fsp3) is 0.160.